The number of nitrogens with one attached hydrogen (secondary N) is 2. The van der Waals surface area contributed by atoms with Gasteiger partial charge in [0.1, 0.15) is 18.0 Å². The van der Waals surface area contributed by atoms with Crippen molar-refractivity contribution in [3.8, 4) is 5.75 Å². The molecular weight excluding hydrogens is 479 g/mol. The first-order valence-electron chi connectivity index (χ1n) is 10.9. The molecule has 1 aliphatic rings. The minimum absolute atomic E-state index is 0.0142. The summed E-state index contributed by atoms with van der Waals surface area (Å²) >= 11 is 0. The van der Waals surface area contributed by atoms with Gasteiger partial charge in [-0.25, -0.2) is 9.55 Å². The van der Waals surface area contributed by atoms with E-state index >= 15 is 0 Å². The molecule has 3 aromatic rings. The van der Waals surface area contributed by atoms with Crippen LogP contribution in [-0.4, -0.2) is 51.4 Å². The highest BCUT2D eigenvalue weighted by molar-refractivity contribution is 7.52. The largest absolute Gasteiger partial charge is 0.468 e. The molecule has 1 fully saturated rings. The van der Waals surface area contributed by atoms with Gasteiger partial charge >= 0.3 is 13.7 Å². The number of H-pyrrole nitrogens is 1. The lowest BCUT2D eigenvalue weighted by Crippen LogP contribution is -2.35. The van der Waals surface area contributed by atoms with Crippen LogP contribution in [0.1, 0.15) is 26.5 Å². The molecule has 5 atom stereocenters. The second-order valence-corrected chi connectivity index (χ2v) is 9.90. The number of aromatic amines is 1. The zero-order valence-corrected chi connectivity index (χ0v) is 20.3. The molecule has 0 bridgehead atoms. The molecule has 4 unspecified atom stereocenters. The highest BCUT2D eigenvalue weighted by atomic mass is 31.2. The minimum Gasteiger partial charge on any atom is -0.468 e. The third kappa shape index (κ3) is 5.54. The van der Waals surface area contributed by atoms with Gasteiger partial charge in [0, 0.05) is 5.92 Å². The summed E-state index contributed by atoms with van der Waals surface area (Å²) < 4.78 is 37.3. The molecule has 3 heterocycles. The van der Waals surface area contributed by atoms with E-state index in [1.165, 1.54) is 20.4 Å². The lowest BCUT2D eigenvalue weighted by atomic mass is 10.1. The van der Waals surface area contributed by atoms with Crippen molar-refractivity contribution < 1.29 is 27.9 Å². The highest BCUT2D eigenvalue weighted by Crippen LogP contribution is 2.46. The summed E-state index contributed by atoms with van der Waals surface area (Å²) in [6.07, 6.45) is 1.06. The van der Waals surface area contributed by atoms with Crippen LogP contribution in [-0.2, 0) is 23.4 Å². The maximum Gasteiger partial charge on any atom is 0.459 e. The number of ether oxygens (including phenoxy) is 2. The van der Waals surface area contributed by atoms with Crippen LogP contribution in [0, 0.1) is 5.92 Å². The third-order valence-electron chi connectivity index (χ3n) is 5.48. The number of hydrogen-bond donors (Lipinski definition) is 3. The second-order valence-electron chi connectivity index (χ2n) is 8.21. The number of esters is 1. The van der Waals surface area contributed by atoms with Crippen LogP contribution < -0.4 is 20.9 Å². The van der Waals surface area contributed by atoms with Gasteiger partial charge in [-0.05, 0) is 25.5 Å². The van der Waals surface area contributed by atoms with Crippen molar-refractivity contribution in [1.82, 2.24) is 24.6 Å². The molecule has 35 heavy (non-hydrogen) atoms. The standard InChI is InChI=1S/C21H27N6O7P/c1-12-9-15(33-19(12)27-11-23-16-17(27)24-21(22)25-18(16)28)10-32-35(30,26-13(2)20(29)31-3)34-14-7-5-4-6-8-14/h4-8,11-13,15,19H,9-10H2,1-3H3,(H,26,30)(H3,22,24,25,28)/t12?,13-,15?,19?,35?/m0/s1. The third-order valence-corrected chi connectivity index (χ3v) is 7.13. The van der Waals surface area contributed by atoms with Crippen molar-refractivity contribution in [2.45, 2.75) is 38.6 Å². The van der Waals surface area contributed by atoms with Gasteiger partial charge in [0.15, 0.2) is 11.2 Å². The second kappa shape index (κ2) is 10.2. The van der Waals surface area contributed by atoms with Gasteiger partial charge in [0.25, 0.3) is 5.56 Å². The van der Waals surface area contributed by atoms with Gasteiger partial charge in [0.05, 0.1) is 26.1 Å². The molecule has 13 nitrogen and oxygen atoms in total. The van der Waals surface area contributed by atoms with Crippen LogP contribution in [0.2, 0.25) is 0 Å². The molecule has 1 aromatic carbocycles. The van der Waals surface area contributed by atoms with Crippen LogP contribution in [0.25, 0.3) is 11.2 Å². The molecule has 0 spiro atoms. The summed E-state index contributed by atoms with van der Waals surface area (Å²) in [5.74, 6) is -0.359. The van der Waals surface area contributed by atoms with Gasteiger partial charge in [0.2, 0.25) is 5.95 Å². The minimum atomic E-state index is -3.99. The zero-order chi connectivity index (χ0) is 25.2. The number of aromatic nitrogens is 4. The summed E-state index contributed by atoms with van der Waals surface area (Å²) in [5, 5.41) is 2.61. The van der Waals surface area contributed by atoms with Gasteiger partial charge in [-0.2, -0.15) is 10.1 Å². The number of fused-ring (bicyclic) bond motifs is 1. The monoisotopic (exact) mass is 506 g/mol. The van der Waals surface area contributed by atoms with E-state index in [0.717, 1.165) is 0 Å². The average molecular weight is 506 g/mol. The Bertz CT molecular complexity index is 1300. The fourth-order valence-corrected chi connectivity index (χ4v) is 5.37. The molecule has 0 saturated carbocycles. The van der Waals surface area contributed by atoms with Crippen LogP contribution >= 0.6 is 7.75 Å². The number of carbonyl (C=O) groups excluding carboxylic acids is 1. The van der Waals surface area contributed by atoms with Crippen LogP contribution in [0.3, 0.4) is 0 Å². The van der Waals surface area contributed by atoms with Crippen LogP contribution in [0.4, 0.5) is 5.95 Å². The summed E-state index contributed by atoms with van der Waals surface area (Å²) in [4.78, 5) is 34.7. The Hall–Kier alpha value is -3.25. The number of nitrogens with two attached hydrogens (primary N) is 1. The molecule has 4 rings (SSSR count). The Morgan fingerprint density at radius 1 is 1.40 bits per heavy atom. The number of anilines is 1. The molecule has 1 saturated heterocycles. The van der Waals surface area contributed by atoms with E-state index in [9.17, 15) is 14.2 Å². The number of benzene rings is 1. The molecule has 0 radical (unpaired) electrons. The normalized spacial score (nSPS) is 22.5. The summed E-state index contributed by atoms with van der Waals surface area (Å²) in [5.41, 5.74) is 5.70. The van der Waals surface area contributed by atoms with E-state index in [1.54, 1.807) is 34.9 Å². The molecule has 188 valence electrons. The maximum absolute atomic E-state index is 13.5. The number of methoxy groups -OCH3 is 1. The molecule has 1 aliphatic heterocycles. The van der Waals surface area contributed by atoms with Crippen molar-refractivity contribution in [2.75, 3.05) is 19.5 Å². The van der Waals surface area contributed by atoms with Crippen molar-refractivity contribution in [2.24, 2.45) is 5.92 Å². The smallest absolute Gasteiger partial charge is 0.459 e. The lowest BCUT2D eigenvalue weighted by molar-refractivity contribution is -0.142. The number of carbonyl (C=O) groups is 1. The van der Waals surface area contributed by atoms with E-state index in [0.29, 0.717) is 17.8 Å². The summed E-state index contributed by atoms with van der Waals surface area (Å²) in [7, 11) is -2.76. The number of para-hydroxylation sites is 1. The number of imidazole rings is 1. The molecule has 2 aromatic heterocycles. The van der Waals surface area contributed by atoms with E-state index in [2.05, 4.69) is 20.0 Å². The number of nitrogens with zero attached hydrogens (tertiary/aromatic N) is 3. The first kappa shape index (κ1) is 24.9. The zero-order valence-electron chi connectivity index (χ0n) is 19.4. The first-order chi connectivity index (χ1) is 16.7. The summed E-state index contributed by atoms with van der Waals surface area (Å²) in [6, 6.07) is 7.52. The molecule has 14 heteroatoms. The Morgan fingerprint density at radius 3 is 2.86 bits per heavy atom. The number of hydrogen-bond acceptors (Lipinski definition) is 10. The Balaban J connectivity index is 1.49. The Kier molecular flexibility index (Phi) is 7.22. The van der Waals surface area contributed by atoms with Gasteiger partial charge < -0.3 is 19.7 Å². The van der Waals surface area contributed by atoms with Gasteiger partial charge in [-0.1, -0.05) is 25.1 Å². The van der Waals surface area contributed by atoms with E-state index in [4.69, 9.17) is 24.3 Å². The Morgan fingerprint density at radius 2 is 2.14 bits per heavy atom. The molecular formula is C21H27N6O7P. The molecule has 0 amide bonds. The van der Waals surface area contributed by atoms with Gasteiger partial charge in [-0.15, -0.1) is 0 Å². The first-order valence-corrected chi connectivity index (χ1v) is 12.5. The lowest BCUT2D eigenvalue weighted by Gasteiger charge is -2.24. The fourth-order valence-electron chi connectivity index (χ4n) is 3.85. The number of rotatable bonds is 9. The average Bonchev–Trinajstić information content (AvgIpc) is 3.40. The maximum atomic E-state index is 13.5. The fraction of sp³-hybridized carbons (Fsp3) is 0.429. The van der Waals surface area contributed by atoms with E-state index in [-0.39, 0.29) is 24.0 Å². The van der Waals surface area contributed by atoms with E-state index in [1.807, 2.05) is 6.92 Å². The van der Waals surface area contributed by atoms with Crippen LogP contribution in [0.5, 0.6) is 5.75 Å². The molecule has 0 aliphatic carbocycles. The molecule has 4 N–H and O–H groups in total. The Labute approximate surface area is 200 Å². The highest BCUT2D eigenvalue weighted by Gasteiger charge is 2.38. The van der Waals surface area contributed by atoms with Crippen molar-refractivity contribution in [3.05, 3.63) is 47.0 Å². The van der Waals surface area contributed by atoms with Crippen molar-refractivity contribution in [1.29, 1.82) is 0 Å². The summed E-state index contributed by atoms with van der Waals surface area (Å²) in [6.45, 7) is 3.37. The number of nitrogen functional groups attached to an aromatic ring is 1. The predicted octanol–water partition coefficient (Wildman–Crippen LogP) is 1.98. The quantitative estimate of drug-likeness (QED) is 0.286. The van der Waals surface area contributed by atoms with E-state index < -0.39 is 37.6 Å². The topological polar surface area (TPSA) is 173 Å². The van der Waals surface area contributed by atoms with Crippen molar-refractivity contribution in [3.63, 3.8) is 0 Å². The van der Waals surface area contributed by atoms with Crippen LogP contribution in [0.15, 0.2) is 41.5 Å². The van der Waals surface area contributed by atoms with Crippen molar-refractivity contribution >= 4 is 30.8 Å². The van der Waals surface area contributed by atoms with Gasteiger partial charge in [-0.3, -0.25) is 23.7 Å². The predicted molar refractivity (Wildman–Crippen MR) is 125 cm³/mol. The SMILES string of the molecule is COC(=O)[C@H](C)NP(=O)(OCC1CC(C)C(n2cnc3c(=O)[nH]c(N)nc32)O1)Oc1ccccc1.